The van der Waals surface area contributed by atoms with Crippen molar-refractivity contribution in [2.45, 2.75) is 160 Å². The maximum Gasteiger partial charge on any atom is 1.00 e. The van der Waals surface area contributed by atoms with Crippen LogP contribution in [0, 0.1) is 0 Å². The third kappa shape index (κ3) is 15.9. The van der Waals surface area contributed by atoms with E-state index < -0.39 is 10.1 Å². The predicted molar refractivity (Wildman–Crippen MR) is 163 cm³/mol. The zero-order chi connectivity index (χ0) is 27.5. The van der Waals surface area contributed by atoms with Crippen LogP contribution in [0.4, 0.5) is 0 Å². The van der Waals surface area contributed by atoms with Crippen molar-refractivity contribution < 1.29 is 64.4 Å². The maximum atomic E-state index is 12.0. The molecule has 0 radical (unpaired) electrons. The first-order valence-corrected chi connectivity index (χ1v) is 17.4. The number of fused-ring (bicyclic) bond motifs is 1. The molecule has 2 aromatic carbocycles. The van der Waals surface area contributed by atoms with Crippen LogP contribution in [0.1, 0.15) is 153 Å². The zero-order valence-corrected chi connectivity index (χ0v) is 29.5. The number of hydrogen-bond acceptors (Lipinski definition) is 3. The summed E-state index contributed by atoms with van der Waals surface area (Å²) in [7, 11) is -4.48. The number of unbranched alkanes of at least 4 members (excludes halogenated alkanes) is 18. The molecular weight excluding hydrogens is 528 g/mol. The third-order valence-electron chi connectivity index (χ3n) is 8.03. The van der Waals surface area contributed by atoms with Gasteiger partial charge in [0.15, 0.2) is 0 Å². The van der Waals surface area contributed by atoms with E-state index in [4.69, 9.17) is 0 Å². The first-order valence-electron chi connectivity index (χ1n) is 16.0. The minimum absolute atomic E-state index is 0. The molecule has 0 amide bonds. The van der Waals surface area contributed by atoms with Crippen LogP contribution < -0.4 is 51.4 Å². The van der Waals surface area contributed by atoms with E-state index in [1.165, 1.54) is 115 Å². The van der Waals surface area contributed by atoms with Crippen LogP contribution in [0.25, 0.3) is 10.8 Å². The van der Waals surface area contributed by atoms with Gasteiger partial charge in [0.1, 0.15) is 10.1 Å². The molecule has 2 rings (SSSR count). The van der Waals surface area contributed by atoms with Crippen molar-refractivity contribution in [3.63, 3.8) is 0 Å². The Bertz CT molecular complexity index is 1000. The van der Waals surface area contributed by atoms with E-state index in [9.17, 15) is 13.0 Å². The van der Waals surface area contributed by atoms with Crippen molar-refractivity contribution in [3.05, 3.63) is 41.5 Å². The molecule has 0 saturated heterocycles. The van der Waals surface area contributed by atoms with E-state index in [1.54, 1.807) is 12.1 Å². The molecule has 0 fully saturated rings. The van der Waals surface area contributed by atoms with Gasteiger partial charge >= 0.3 is 51.4 Å². The number of benzene rings is 2. The minimum Gasteiger partial charge on any atom is -0.744 e. The Morgan fingerprint density at radius 1 is 0.538 bits per heavy atom. The SMILES string of the molecule is CCCCCCCCCCCCc1cc(S(=O)(=O)[O-])cc2c(CCCCCCCCCCCC)cccc12.[K+]. The molecule has 0 saturated carbocycles. The average molecular weight is 583 g/mol. The summed E-state index contributed by atoms with van der Waals surface area (Å²) >= 11 is 0. The van der Waals surface area contributed by atoms with Crippen LogP contribution in [0.15, 0.2) is 35.2 Å². The van der Waals surface area contributed by atoms with Crippen LogP contribution >= 0.6 is 0 Å². The van der Waals surface area contributed by atoms with Crippen LogP contribution in [0.3, 0.4) is 0 Å². The van der Waals surface area contributed by atoms with Crippen molar-refractivity contribution in [3.8, 4) is 0 Å². The average Bonchev–Trinajstić information content (AvgIpc) is 2.90. The fourth-order valence-corrected chi connectivity index (χ4v) is 6.22. The van der Waals surface area contributed by atoms with Gasteiger partial charge in [0.25, 0.3) is 0 Å². The second-order valence-corrected chi connectivity index (χ2v) is 12.8. The molecule has 0 atom stereocenters. The maximum absolute atomic E-state index is 12.0. The second kappa shape index (κ2) is 22.8. The van der Waals surface area contributed by atoms with Gasteiger partial charge in [0.05, 0.1) is 4.90 Å². The summed E-state index contributed by atoms with van der Waals surface area (Å²) in [5, 5.41) is 2.08. The monoisotopic (exact) mass is 582 g/mol. The first kappa shape index (κ1) is 37.3. The van der Waals surface area contributed by atoms with Gasteiger partial charge in [-0.15, -0.1) is 0 Å². The van der Waals surface area contributed by atoms with Crippen molar-refractivity contribution in [1.29, 1.82) is 0 Å². The fraction of sp³-hybridized carbons (Fsp3) is 0.706. The van der Waals surface area contributed by atoms with Crippen LogP contribution in [0.5, 0.6) is 0 Å². The van der Waals surface area contributed by atoms with Gasteiger partial charge in [-0.3, -0.25) is 0 Å². The fourth-order valence-electron chi connectivity index (χ4n) is 5.67. The van der Waals surface area contributed by atoms with E-state index in [2.05, 4.69) is 32.0 Å². The quantitative estimate of drug-likeness (QED) is 0.0767. The third-order valence-corrected chi connectivity index (χ3v) is 8.85. The standard InChI is InChI=1S/C34H56O3S.K/c1-3-5-7-9-11-13-15-17-19-21-24-30-26-23-27-33-31(28-32(29-34(30)33)38(35,36)37)25-22-20-18-16-14-12-10-8-6-4-2;/h23,26-29H,3-22,24-25H2,1-2H3,(H,35,36,37);/q;+1/p-1. The summed E-state index contributed by atoms with van der Waals surface area (Å²) in [6.07, 6.45) is 27.5. The molecule has 39 heavy (non-hydrogen) atoms. The molecule has 0 heterocycles. The van der Waals surface area contributed by atoms with Crippen LogP contribution in [-0.4, -0.2) is 13.0 Å². The summed E-state index contributed by atoms with van der Waals surface area (Å²) < 4.78 is 35.9. The van der Waals surface area contributed by atoms with E-state index in [0.29, 0.717) is 0 Å². The Balaban J connectivity index is 0.00000760. The molecule has 2 aromatic rings. The summed E-state index contributed by atoms with van der Waals surface area (Å²) in [6, 6.07) is 9.58. The van der Waals surface area contributed by atoms with E-state index in [0.717, 1.165) is 48.4 Å². The Labute approximate surface area is 283 Å². The van der Waals surface area contributed by atoms with Crippen molar-refractivity contribution in [2.75, 3.05) is 0 Å². The van der Waals surface area contributed by atoms with Crippen LogP contribution in [-0.2, 0) is 23.0 Å². The van der Waals surface area contributed by atoms with E-state index >= 15 is 0 Å². The van der Waals surface area contributed by atoms with Gasteiger partial charge in [0, 0.05) is 0 Å². The Morgan fingerprint density at radius 2 is 0.949 bits per heavy atom. The molecule has 0 aliphatic rings. The first-order chi connectivity index (χ1) is 18.5. The van der Waals surface area contributed by atoms with Gasteiger partial charge in [0.2, 0.25) is 0 Å². The molecule has 0 bridgehead atoms. The van der Waals surface area contributed by atoms with Gasteiger partial charge in [-0.1, -0.05) is 148 Å². The smallest absolute Gasteiger partial charge is 0.744 e. The van der Waals surface area contributed by atoms with Crippen molar-refractivity contribution in [1.82, 2.24) is 0 Å². The Hall–Kier alpha value is 0.246. The minimum atomic E-state index is -4.48. The zero-order valence-electron chi connectivity index (χ0n) is 25.6. The molecule has 0 aliphatic heterocycles. The molecule has 3 nitrogen and oxygen atoms in total. The van der Waals surface area contributed by atoms with Crippen LogP contribution in [0.2, 0.25) is 0 Å². The predicted octanol–water partition coefficient (Wildman–Crippen LogP) is 7.67. The number of hydrogen-bond donors (Lipinski definition) is 0. The number of aryl methyl sites for hydroxylation is 2. The van der Waals surface area contributed by atoms with Crippen molar-refractivity contribution in [2.24, 2.45) is 0 Å². The second-order valence-electron chi connectivity index (χ2n) is 11.4. The molecular formula is C34H55KO3S. The van der Waals surface area contributed by atoms with Crippen molar-refractivity contribution >= 4 is 20.9 Å². The Kier molecular flexibility index (Phi) is 21.8. The van der Waals surface area contributed by atoms with Gasteiger partial charge in [-0.2, -0.15) is 0 Å². The van der Waals surface area contributed by atoms with Gasteiger partial charge in [-0.05, 0) is 59.7 Å². The van der Waals surface area contributed by atoms with Gasteiger partial charge < -0.3 is 4.55 Å². The summed E-state index contributed by atoms with van der Waals surface area (Å²) in [5.41, 5.74) is 2.19. The topological polar surface area (TPSA) is 57.2 Å². The molecule has 0 aliphatic carbocycles. The summed E-state index contributed by atoms with van der Waals surface area (Å²) in [5.74, 6) is 0. The molecule has 0 spiro atoms. The summed E-state index contributed by atoms with van der Waals surface area (Å²) in [6.45, 7) is 4.51. The van der Waals surface area contributed by atoms with E-state index in [1.807, 2.05) is 0 Å². The normalized spacial score (nSPS) is 11.7. The Morgan fingerprint density at radius 3 is 1.38 bits per heavy atom. The molecule has 0 aromatic heterocycles. The molecule has 216 valence electrons. The van der Waals surface area contributed by atoms with E-state index in [-0.39, 0.29) is 56.3 Å². The molecule has 0 unspecified atom stereocenters. The molecule has 0 N–H and O–H groups in total. The molecule has 5 heteroatoms. The van der Waals surface area contributed by atoms with Gasteiger partial charge in [-0.25, -0.2) is 8.42 Å². The largest absolute Gasteiger partial charge is 1.00 e. The summed E-state index contributed by atoms with van der Waals surface area (Å²) in [4.78, 5) is -0.0670. The number of rotatable bonds is 23.